The topological polar surface area (TPSA) is 114 Å². The molecular formula is C47H56FN7O4. The molecule has 2 aromatic carbocycles. The van der Waals surface area contributed by atoms with Gasteiger partial charge in [-0.1, -0.05) is 12.1 Å². The Morgan fingerprint density at radius 1 is 0.881 bits per heavy atom. The Kier molecular flexibility index (Phi) is 10.4. The summed E-state index contributed by atoms with van der Waals surface area (Å²) in [7, 11) is 0. The number of imide groups is 1. The summed E-state index contributed by atoms with van der Waals surface area (Å²) in [5, 5.41) is 2.98. The Morgan fingerprint density at radius 3 is 2.34 bits per heavy atom. The largest absolute Gasteiger partial charge is 0.370 e. The lowest BCUT2D eigenvalue weighted by Gasteiger charge is -2.45. The van der Waals surface area contributed by atoms with E-state index in [0.29, 0.717) is 35.8 Å². The number of hydrogen-bond donors (Lipinski definition) is 2. The van der Waals surface area contributed by atoms with Crippen LogP contribution in [-0.4, -0.2) is 101 Å². The molecule has 0 bridgehead atoms. The van der Waals surface area contributed by atoms with Crippen LogP contribution in [-0.2, 0) is 20.9 Å². The molecule has 1 unspecified atom stereocenters. The summed E-state index contributed by atoms with van der Waals surface area (Å²) in [6.07, 6.45) is 10.5. The molecule has 1 atom stereocenters. The lowest BCUT2D eigenvalue weighted by molar-refractivity contribution is -0.166. The molecule has 0 radical (unpaired) electrons. The zero-order chi connectivity index (χ0) is 41.1. The molecule has 310 valence electrons. The van der Waals surface area contributed by atoms with Crippen LogP contribution in [0.3, 0.4) is 0 Å². The van der Waals surface area contributed by atoms with Crippen molar-refractivity contribution >= 4 is 45.7 Å². The monoisotopic (exact) mass is 801 g/mol. The van der Waals surface area contributed by atoms with Crippen molar-refractivity contribution in [3.05, 3.63) is 95.1 Å². The maximum Gasteiger partial charge on any atom is 0.255 e. The van der Waals surface area contributed by atoms with Crippen molar-refractivity contribution in [1.82, 2.24) is 25.1 Å². The standard InChI is InChI=1S/C47H56FN7O4/c1-46(2)24-31(25-47(3,4)59-46)21-37(32-5-9-40-38(23-32)39(48)27-49-40)33-6-11-42(50-26-33)54-15-13-30(14-16-54)28-52-17-19-53(20-18-52)35-7-8-36-34(22-35)29-55(45(36)58)41-10-12-43(56)51-44(41)57/h5-9,11,21-23,26-27,30-31,41,49H,10,12-20,24-25,28-29H2,1-4H3,(H,51,56,57). The van der Waals surface area contributed by atoms with Gasteiger partial charge in [0.2, 0.25) is 11.8 Å². The lowest BCUT2D eigenvalue weighted by Crippen LogP contribution is -2.52. The second kappa shape index (κ2) is 15.5. The minimum Gasteiger partial charge on any atom is -0.370 e. The van der Waals surface area contributed by atoms with Crippen LogP contribution in [0.5, 0.6) is 0 Å². The lowest BCUT2D eigenvalue weighted by atomic mass is 9.79. The Morgan fingerprint density at radius 2 is 1.63 bits per heavy atom. The van der Waals surface area contributed by atoms with Crippen LogP contribution in [0.15, 0.2) is 67.0 Å². The number of carbonyl (C=O) groups is 3. The molecule has 2 N–H and O–H groups in total. The van der Waals surface area contributed by atoms with Crippen LogP contribution < -0.4 is 15.1 Å². The smallest absolute Gasteiger partial charge is 0.255 e. The number of nitrogens with one attached hydrogen (secondary N) is 2. The first-order valence-electron chi connectivity index (χ1n) is 21.4. The summed E-state index contributed by atoms with van der Waals surface area (Å²) in [4.78, 5) is 54.4. The summed E-state index contributed by atoms with van der Waals surface area (Å²) in [6.45, 7) is 15.9. The van der Waals surface area contributed by atoms with Crippen molar-refractivity contribution in [3.8, 4) is 0 Å². The predicted molar refractivity (Wildman–Crippen MR) is 228 cm³/mol. The van der Waals surface area contributed by atoms with Gasteiger partial charge in [0.25, 0.3) is 5.91 Å². The number of rotatable bonds is 8. The van der Waals surface area contributed by atoms with E-state index in [2.05, 4.69) is 83.0 Å². The van der Waals surface area contributed by atoms with Crippen molar-refractivity contribution in [3.63, 3.8) is 0 Å². The second-order valence-electron chi connectivity index (χ2n) is 18.6. The summed E-state index contributed by atoms with van der Waals surface area (Å²) in [5.41, 5.74) is 6.10. The number of fused-ring (bicyclic) bond motifs is 2. The highest BCUT2D eigenvalue weighted by Crippen LogP contribution is 2.41. The number of piperidine rings is 2. The summed E-state index contributed by atoms with van der Waals surface area (Å²) >= 11 is 0. The number of benzene rings is 2. The third-order valence-electron chi connectivity index (χ3n) is 13.2. The Bertz CT molecular complexity index is 2270. The molecule has 4 aromatic rings. The van der Waals surface area contributed by atoms with Gasteiger partial charge in [-0.25, -0.2) is 9.37 Å². The van der Waals surface area contributed by atoms with E-state index in [9.17, 15) is 18.8 Å². The van der Waals surface area contributed by atoms with Gasteiger partial charge in [-0.3, -0.25) is 24.6 Å². The number of ether oxygens (including phenoxy) is 1. The number of H-pyrrole nitrogens is 1. The third kappa shape index (κ3) is 8.26. The maximum atomic E-state index is 14.8. The van der Waals surface area contributed by atoms with Crippen molar-refractivity contribution < 1.29 is 23.5 Å². The van der Waals surface area contributed by atoms with Gasteiger partial charge < -0.3 is 24.4 Å². The first-order valence-corrected chi connectivity index (χ1v) is 21.4. The van der Waals surface area contributed by atoms with Gasteiger partial charge in [0.15, 0.2) is 0 Å². The van der Waals surface area contributed by atoms with Crippen molar-refractivity contribution in [2.24, 2.45) is 11.8 Å². The van der Waals surface area contributed by atoms with Gasteiger partial charge in [-0.15, -0.1) is 0 Å². The van der Waals surface area contributed by atoms with E-state index in [1.165, 1.54) is 6.20 Å². The molecule has 0 spiro atoms. The molecular weight excluding hydrogens is 746 g/mol. The molecule has 4 saturated heterocycles. The van der Waals surface area contributed by atoms with Gasteiger partial charge in [0.1, 0.15) is 17.7 Å². The number of hydrogen-bond acceptors (Lipinski definition) is 8. The van der Waals surface area contributed by atoms with Gasteiger partial charge in [0.05, 0.1) is 11.2 Å². The van der Waals surface area contributed by atoms with Gasteiger partial charge in [0, 0.05) is 98.9 Å². The molecule has 59 heavy (non-hydrogen) atoms. The number of halogens is 1. The average Bonchev–Trinajstić information content (AvgIpc) is 3.74. The maximum absolute atomic E-state index is 14.8. The number of piperazine rings is 1. The van der Waals surface area contributed by atoms with Crippen LogP contribution in [0.2, 0.25) is 0 Å². The number of carbonyl (C=O) groups excluding carboxylic acids is 3. The first kappa shape index (κ1) is 39.4. The SMILES string of the molecule is CC1(C)CC(C=C(c2ccc(N3CCC(CN4CCN(c5ccc6c(c5)CN(C5CCC(=O)NC5=O)C6=O)CC4)CC3)nc2)c2ccc3[nH]cc(F)c3c2)CC(C)(C)O1. The molecule has 5 aliphatic rings. The third-order valence-corrected chi connectivity index (χ3v) is 13.2. The highest BCUT2D eigenvalue weighted by molar-refractivity contribution is 6.05. The molecule has 0 aliphatic carbocycles. The summed E-state index contributed by atoms with van der Waals surface area (Å²) < 4.78 is 21.2. The summed E-state index contributed by atoms with van der Waals surface area (Å²) in [5.74, 6) is 0.891. The number of nitrogens with zero attached hydrogens (tertiary/aromatic N) is 5. The quantitative estimate of drug-likeness (QED) is 0.185. The normalized spacial score (nSPS) is 23.3. The fourth-order valence-corrected chi connectivity index (χ4v) is 10.5. The van der Waals surface area contributed by atoms with E-state index in [4.69, 9.17) is 9.72 Å². The van der Waals surface area contributed by atoms with Crippen LogP contribution in [0.4, 0.5) is 15.9 Å². The Balaban J connectivity index is 0.802. The first-order chi connectivity index (χ1) is 28.3. The second-order valence-corrected chi connectivity index (χ2v) is 18.6. The Hall–Kier alpha value is -5.07. The average molecular weight is 802 g/mol. The fraction of sp³-hybridized carbons (Fsp3) is 0.489. The van der Waals surface area contributed by atoms with Crippen molar-refractivity contribution in [2.75, 3.05) is 55.6 Å². The predicted octanol–water partition coefficient (Wildman–Crippen LogP) is 6.92. The number of allylic oxidation sites excluding steroid dienone is 1. The molecule has 0 saturated carbocycles. The van der Waals surface area contributed by atoms with E-state index in [0.717, 1.165) is 111 Å². The Labute approximate surface area is 346 Å². The molecule has 12 heteroatoms. The van der Waals surface area contributed by atoms with Gasteiger partial charge in [-0.2, -0.15) is 0 Å². The molecule has 2 aromatic heterocycles. The number of anilines is 2. The van der Waals surface area contributed by atoms with Crippen LogP contribution in [0.25, 0.3) is 16.5 Å². The number of pyridine rings is 1. The van der Waals surface area contributed by atoms with Gasteiger partial charge in [-0.05, 0) is 131 Å². The number of aromatic nitrogens is 2. The van der Waals surface area contributed by atoms with E-state index in [1.54, 1.807) is 4.90 Å². The number of amides is 3. The van der Waals surface area contributed by atoms with Crippen molar-refractivity contribution in [2.45, 2.75) is 90.0 Å². The minimum absolute atomic E-state index is 0.133. The highest BCUT2D eigenvalue weighted by Gasteiger charge is 2.40. The zero-order valence-corrected chi connectivity index (χ0v) is 34.7. The van der Waals surface area contributed by atoms with Crippen LogP contribution in [0.1, 0.15) is 93.3 Å². The minimum atomic E-state index is -0.599. The molecule has 4 fully saturated rings. The van der Waals surface area contributed by atoms with E-state index in [1.807, 2.05) is 30.5 Å². The molecule has 9 rings (SSSR count). The van der Waals surface area contributed by atoms with E-state index >= 15 is 0 Å². The van der Waals surface area contributed by atoms with E-state index in [-0.39, 0.29) is 41.2 Å². The number of aromatic amines is 1. The molecule has 5 aliphatic heterocycles. The fourth-order valence-electron chi connectivity index (χ4n) is 10.5. The molecule has 3 amide bonds. The highest BCUT2D eigenvalue weighted by atomic mass is 19.1. The summed E-state index contributed by atoms with van der Waals surface area (Å²) in [6, 6.07) is 15.8. The van der Waals surface area contributed by atoms with Crippen molar-refractivity contribution in [1.29, 1.82) is 0 Å². The van der Waals surface area contributed by atoms with E-state index < -0.39 is 6.04 Å². The zero-order valence-electron chi connectivity index (χ0n) is 34.7. The molecule has 7 heterocycles. The van der Waals surface area contributed by atoms with Gasteiger partial charge >= 0.3 is 0 Å². The molecule has 11 nitrogen and oxygen atoms in total. The van der Waals surface area contributed by atoms with Crippen LogP contribution >= 0.6 is 0 Å². The van der Waals surface area contributed by atoms with Crippen LogP contribution in [0, 0.1) is 17.7 Å².